The molecule has 0 unspecified atom stereocenters. The van der Waals surface area contributed by atoms with Crippen molar-refractivity contribution >= 4 is 44.1 Å². The molecule has 0 radical (unpaired) electrons. The van der Waals surface area contributed by atoms with Crippen LogP contribution in [0.4, 0.5) is 10.8 Å². The molecule has 0 saturated heterocycles. The summed E-state index contributed by atoms with van der Waals surface area (Å²) in [6.07, 6.45) is 0. The minimum atomic E-state index is -3.75. The number of anilines is 1. The molecule has 1 heterocycles. The van der Waals surface area contributed by atoms with Crippen LogP contribution in [0.2, 0.25) is 0 Å². The molecule has 0 saturated carbocycles. The van der Waals surface area contributed by atoms with Crippen LogP contribution in [-0.2, 0) is 10.0 Å². The van der Waals surface area contributed by atoms with E-state index in [4.69, 9.17) is 17.2 Å². The topological polar surface area (TPSA) is 175 Å². The van der Waals surface area contributed by atoms with E-state index < -0.39 is 10.0 Å². The van der Waals surface area contributed by atoms with E-state index in [-0.39, 0.29) is 21.9 Å². The van der Waals surface area contributed by atoms with Crippen molar-refractivity contribution in [2.45, 2.75) is 11.8 Å². The molecule has 0 bridgehead atoms. The summed E-state index contributed by atoms with van der Waals surface area (Å²) in [7, 11) is -3.75. The molecule has 0 atom stereocenters. The first-order chi connectivity index (χ1) is 10.8. The standard InChI is InChI=1S/C11H14N8O2S2/c1-6-17-18-11(22-6)19-23(20,21)8-4-2-7(3-5-8)15-10(14)16-9(12)13/h2-5H,1H3,(H,18,19)(H6,12,13,14,15,16). The van der Waals surface area contributed by atoms with Gasteiger partial charge in [0.25, 0.3) is 10.0 Å². The van der Waals surface area contributed by atoms with E-state index in [0.717, 1.165) is 11.3 Å². The summed E-state index contributed by atoms with van der Waals surface area (Å²) in [6, 6.07) is 5.68. The molecule has 12 heteroatoms. The quantitative estimate of drug-likeness (QED) is 0.436. The van der Waals surface area contributed by atoms with Crippen LogP contribution < -0.4 is 21.9 Å². The highest BCUT2D eigenvalue weighted by molar-refractivity contribution is 7.93. The predicted molar refractivity (Wildman–Crippen MR) is 89.0 cm³/mol. The largest absolute Gasteiger partial charge is 0.370 e. The number of aliphatic imine (C=N–C) groups is 2. The van der Waals surface area contributed by atoms with Crippen molar-refractivity contribution in [3.63, 3.8) is 0 Å². The van der Waals surface area contributed by atoms with Crippen molar-refractivity contribution in [1.29, 1.82) is 0 Å². The first-order valence-corrected chi connectivity index (χ1v) is 8.43. The third-order valence-corrected chi connectivity index (χ3v) is 4.62. The van der Waals surface area contributed by atoms with Crippen LogP contribution >= 0.6 is 11.3 Å². The monoisotopic (exact) mass is 354 g/mol. The number of benzene rings is 1. The molecule has 2 rings (SSSR count). The number of rotatable bonds is 4. The molecule has 0 amide bonds. The zero-order valence-electron chi connectivity index (χ0n) is 12.0. The highest BCUT2D eigenvalue weighted by Gasteiger charge is 2.16. The van der Waals surface area contributed by atoms with Crippen molar-refractivity contribution < 1.29 is 8.42 Å². The Labute approximate surface area is 136 Å². The Morgan fingerprint density at radius 2 is 1.83 bits per heavy atom. The second-order valence-electron chi connectivity index (χ2n) is 4.23. The fraction of sp³-hybridized carbons (Fsp3) is 0.0909. The lowest BCUT2D eigenvalue weighted by molar-refractivity contribution is 0.601. The first kappa shape index (κ1) is 16.6. The molecule has 0 fully saturated rings. The summed E-state index contributed by atoms with van der Waals surface area (Å²) in [6.45, 7) is 1.73. The van der Waals surface area contributed by atoms with Gasteiger partial charge in [-0.05, 0) is 31.2 Å². The van der Waals surface area contributed by atoms with Gasteiger partial charge < -0.3 is 17.2 Å². The van der Waals surface area contributed by atoms with Crippen LogP contribution in [0, 0.1) is 6.92 Å². The average molecular weight is 354 g/mol. The van der Waals surface area contributed by atoms with Gasteiger partial charge in [-0.3, -0.25) is 4.72 Å². The molecule has 0 aliphatic rings. The zero-order valence-corrected chi connectivity index (χ0v) is 13.6. The molecule has 2 aromatic rings. The van der Waals surface area contributed by atoms with Crippen LogP contribution in [0.1, 0.15) is 5.01 Å². The molecule has 1 aromatic carbocycles. The van der Waals surface area contributed by atoms with E-state index in [9.17, 15) is 8.42 Å². The van der Waals surface area contributed by atoms with Gasteiger partial charge in [0.1, 0.15) is 5.01 Å². The van der Waals surface area contributed by atoms with Crippen LogP contribution in [0.25, 0.3) is 0 Å². The number of nitrogens with one attached hydrogen (secondary N) is 1. The lowest BCUT2D eigenvalue weighted by atomic mass is 10.3. The van der Waals surface area contributed by atoms with Crippen molar-refractivity contribution in [3.05, 3.63) is 29.3 Å². The number of guanidine groups is 2. The van der Waals surface area contributed by atoms with Crippen LogP contribution in [0.15, 0.2) is 39.1 Å². The van der Waals surface area contributed by atoms with Gasteiger partial charge in [0, 0.05) is 0 Å². The Balaban J connectivity index is 2.20. The predicted octanol–water partition coefficient (Wildman–Crippen LogP) is -0.133. The van der Waals surface area contributed by atoms with Gasteiger partial charge in [-0.25, -0.2) is 13.4 Å². The zero-order chi connectivity index (χ0) is 17.0. The molecule has 0 aliphatic carbocycles. The molecule has 23 heavy (non-hydrogen) atoms. The van der Waals surface area contributed by atoms with Crippen molar-refractivity contribution in [3.8, 4) is 0 Å². The molecule has 1 aromatic heterocycles. The second-order valence-corrected chi connectivity index (χ2v) is 7.10. The number of hydrogen-bond donors (Lipinski definition) is 4. The molecule has 0 spiro atoms. The maximum atomic E-state index is 12.2. The molecule has 7 N–H and O–H groups in total. The van der Waals surface area contributed by atoms with E-state index in [1.165, 1.54) is 24.3 Å². The highest BCUT2D eigenvalue weighted by atomic mass is 32.2. The molecular formula is C11H14N8O2S2. The Kier molecular flexibility index (Phi) is 4.76. The molecule has 122 valence electrons. The third-order valence-electron chi connectivity index (χ3n) is 2.38. The summed E-state index contributed by atoms with van der Waals surface area (Å²) >= 11 is 1.14. The SMILES string of the molecule is Cc1nnc(NS(=O)(=O)c2ccc(N=C(N)N=C(N)N)cc2)s1. The number of nitrogens with zero attached hydrogens (tertiary/aromatic N) is 4. The second kappa shape index (κ2) is 6.58. The Hall–Kier alpha value is -2.73. The Morgan fingerprint density at radius 3 is 2.35 bits per heavy atom. The van der Waals surface area contributed by atoms with Gasteiger partial charge in [-0.15, -0.1) is 10.2 Å². The van der Waals surface area contributed by atoms with Crippen LogP contribution in [0.3, 0.4) is 0 Å². The van der Waals surface area contributed by atoms with Crippen LogP contribution in [-0.4, -0.2) is 30.5 Å². The number of nitrogens with two attached hydrogens (primary N) is 3. The number of aryl methyl sites for hydroxylation is 1. The summed E-state index contributed by atoms with van der Waals surface area (Å²) < 4.78 is 26.7. The van der Waals surface area contributed by atoms with E-state index >= 15 is 0 Å². The minimum Gasteiger partial charge on any atom is -0.370 e. The van der Waals surface area contributed by atoms with Crippen molar-refractivity contribution in [2.24, 2.45) is 27.2 Å². The highest BCUT2D eigenvalue weighted by Crippen LogP contribution is 2.21. The normalized spacial score (nSPS) is 12.0. The van der Waals surface area contributed by atoms with Gasteiger partial charge in [0.15, 0.2) is 5.96 Å². The number of sulfonamides is 1. The van der Waals surface area contributed by atoms with Crippen molar-refractivity contribution in [1.82, 2.24) is 10.2 Å². The number of hydrogen-bond acceptors (Lipinski definition) is 6. The Bertz CT molecular complexity index is 850. The van der Waals surface area contributed by atoms with E-state index in [0.29, 0.717) is 10.7 Å². The lowest BCUT2D eigenvalue weighted by Crippen LogP contribution is -2.26. The first-order valence-electron chi connectivity index (χ1n) is 6.13. The summed E-state index contributed by atoms with van der Waals surface area (Å²) in [5.41, 5.74) is 16.2. The van der Waals surface area contributed by atoms with Gasteiger partial charge in [-0.2, -0.15) is 4.99 Å². The van der Waals surface area contributed by atoms with Crippen LogP contribution in [0.5, 0.6) is 0 Å². The van der Waals surface area contributed by atoms with Gasteiger partial charge in [0.2, 0.25) is 11.1 Å². The van der Waals surface area contributed by atoms with Gasteiger partial charge in [-0.1, -0.05) is 11.3 Å². The molecule has 10 nitrogen and oxygen atoms in total. The van der Waals surface area contributed by atoms with E-state index in [1.807, 2.05) is 0 Å². The van der Waals surface area contributed by atoms with E-state index in [1.54, 1.807) is 6.92 Å². The van der Waals surface area contributed by atoms with Gasteiger partial charge >= 0.3 is 0 Å². The summed E-state index contributed by atoms with van der Waals surface area (Å²) in [5, 5.41) is 8.31. The fourth-order valence-electron chi connectivity index (χ4n) is 1.50. The summed E-state index contributed by atoms with van der Waals surface area (Å²) in [4.78, 5) is 7.52. The van der Waals surface area contributed by atoms with Gasteiger partial charge in [0.05, 0.1) is 10.6 Å². The maximum absolute atomic E-state index is 12.2. The molecular weight excluding hydrogens is 340 g/mol. The minimum absolute atomic E-state index is 0.0460. The lowest BCUT2D eigenvalue weighted by Gasteiger charge is -2.04. The molecule has 0 aliphatic heterocycles. The Morgan fingerprint density at radius 1 is 1.17 bits per heavy atom. The number of aromatic nitrogens is 2. The fourth-order valence-corrected chi connectivity index (χ4v) is 3.32. The van der Waals surface area contributed by atoms with E-state index in [2.05, 4.69) is 24.9 Å². The maximum Gasteiger partial charge on any atom is 0.263 e. The summed E-state index contributed by atoms with van der Waals surface area (Å²) in [5.74, 6) is -0.356. The van der Waals surface area contributed by atoms with Crippen molar-refractivity contribution in [2.75, 3.05) is 4.72 Å². The smallest absolute Gasteiger partial charge is 0.263 e. The third kappa shape index (κ3) is 4.62. The average Bonchev–Trinajstić information content (AvgIpc) is 2.83.